The summed E-state index contributed by atoms with van der Waals surface area (Å²) in [6, 6.07) is 5.34. The van der Waals surface area contributed by atoms with Crippen LogP contribution in [-0.2, 0) is 13.7 Å². The summed E-state index contributed by atoms with van der Waals surface area (Å²) in [7, 11) is 3.47. The van der Waals surface area contributed by atoms with E-state index in [2.05, 4.69) is 10.2 Å². The number of benzene rings is 1. The number of aryl methyl sites for hydroxylation is 1. The Morgan fingerprint density at radius 1 is 1.35 bits per heavy atom. The number of hydrogen-bond donors (Lipinski definition) is 1. The number of nitrogens with zero attached hydrogens (tertiary/aromatic N) is 3. The van der Waals surface area contributed by atoms with Crippen molar-refractivity contribution in [2.75, 3.05) is 7.11 Å². The van der Waals surface area contributed by atoms with Crippen molar-refractivity contribution in [3.05, 3.63) is 35.4 Å². The van der Waals surface area contributed by atoms with E-state index in [4.69, 9.17) is 9.47 Å². The number of rotatable bonds is 5. The molecule has 0 fully saturated rings. The van der Waals surface area contributed by atoms with Gasteiger partial charge in [-0.25, -0.2) is 0 Å². The van der Waals surface area contributed by atoms with E-state index in [1.807, 2.05) is 18.5 Å². The minimum absolute atomic E-state index is 0.282. The van der Waals surface area contributed by atoms with Crippen LogP contribution in [0.2, 0.25) is 0 Å². The van der Waals surface area contributed by atoms with Crippen LogP contribution in [0.25, 0.3) is 0 Å². The average molecular weight is 277 g/mol. The first-order valence-electron chi connectivity index (χ1n) is 6.36. The van der Waals surface area contributed by atoms with Gasteiger partial charge < -0.3 is 19.1 Å². The monoisotopic (exact) mass is 277 g/mol. The zero-order valence-electron chi connectivity index (χ0n) is 12.1. The van der Waals surface area contributed by atoms with Crippen molar-refractivity contribution >= 4 is 0 Å². The molecule has 1 aromatic carbocycles. The second kappa shape index (κ2) is 5.92. The maximum atomic E-state index is 9.77. The molecule has 1 atom stereocenters. The van der Waals surface area contributed by atoms with E-state index in [1.165, 1.54) is 0 Å². The summed E-state index contributed by atoms with van der Waals surface area (Å²) in [6.07, 6.45) is -0.614. The molecule has 0 bridgehead atoms. The van der Waals surface area contributed by atoms with E-state index in [0.29, 0.717) is 17.1 Å². The van der Waals surface area contributed by atoms with Crippen molar-refractivity contribution in [2.45, 2.75) is 26.6 Å². The molecule has 0 amide bonds. The van der Waals surface area contributed by atoms with E-state index in [-0.39, 0.29) is 6.61 Å². The van der Waals surface area contributed by atoms with Crippen molar-refractivity contribution in [1.82, 2.24) is 14.8 Å². The summed E-state index contributed by atoms with van der Waals surface area (Å²) < 4.78 is 12.8. The third-order valence-corrected chi connectivity index (χ3v) is 3.21. The van der Waals surface area contributed by atoms with Crippen LogP contribution >= 0.6 is 0 Å². The molecule has 0 spiro atoms. The van der Waals surface area contributed by atoms with Gasteiger partial charge in [0.2, 0.25) is 0 Å². The normalized spacial score (nSPS) is 12.2. The van der Waals surface area contributed by atoms with Gasteiger partial charge in [0.25, 0.3) is 0 Å². The Kier molecular flexibility index (Phi) is 4.24. The molecular weight excluding hydrogens is 258 g/mol. The molecule has 2 rings (SSSR count). The first kappa shape index (κ1) is 14.3. The zero-order valence-corrected chi connectivity index (χ0v) is 12.1. The number of methoxy groups -OCH3 is 1. The molecule has 0 radical (unpaired) electrons. The fourth-order valence-electron chi connectivity index (χ4n) is 1.83. The van der Waals surface area contributed by atoms with Crippen LogP contribution in [0, 0.1) is 6.92 Å². The molecule has 0 saturated carbocycles. The summed E-state index contributed by atoms with van der Waals surface area (Å²) in [6.45, 7) is 3.86. The zero-order chi connectivity index (χ0) is 14.7. The highest BCUT2D eigenvalue weighted by Gasteiger charge is 2.12. The molecule has 6 heteroatoms. The molecular formula is C14H19N3O3. The van der Waals surface area contributed by atoms with Crippen LogP contribution in [0.3, 0.4) is 0 Å². The Balaban J connectivity index is 2.21. The molecule has 1 unspecified atom stereocenters. The lowest BCUT2D eigenvalue weighted by atomic mass is 10.1. The van der Waals surface area contributed by atoms with Crippen LogP contribution < -0.4 is 9.47 Å². The van der Waals surface area contributed by atoms with Crippen molar-refractivity contribution in [3.8, 4) is 11.5 Å². The summed E-state index contributed by atoms with van der Waals surface area (Å²) in [5, 5.41) is 17.8. The second-order valence-electron chi connectivity index (χ2n) is 4.59. The van der Waals surface area contributed by atoms with Crippen molar-refractivity contribution in [3.63, 3.8) is 0 Å². The lowest BCUT2D eigenvalue weighted by Crippen LogP contribution is -2.06. The molecule has 2 aromatic rings. The fraction of sp³-hybridized carbons (Fsp3) is 0.429. The Hall–Kier alpha value is -2.08. The lowest BCUT2D eigenvalue weighted by Gasteiger charge is -2.14. The molecule has 1 N–H and O–H groups in total. The predicted molar refractivity (Wildman–Crippen MR) is 73.7 cm³/mol. The highest BCUT2D eigenvalue weighted by molar-refractivity contribution is 5.41. The van der Waals surface area contributed by atoms with Gasteiger partial charge >= 0.3 is 0 Å². The summed E-state index contributed by atoms with van der Waals surface area (Å²) in [5.74, 6) is 2.81. The Morgan fingerprint density at radius 2 is 2.10 bits per heavy atom. The summed E-state index contributed by atoms with van der Waals surface area (Å²) >= 11 is 0. The van der Waals surface area contributed by atoms with Gasteiger partial charge in [0, 0.05) is 18.7 Å². The van der Waals surface area contributed by atoms with Gasteiger partial charge in [-0.2, -0.15) is 0 Å². The third kappa shape index (κ3) is 2.91. The Bertz CT molecular complexity index is 593. The highest BCUT2D eigenvalue weighted by atomic mass is 16.5. The van der Waals surface area contributed by atoms with Crippen LogP contribution in [0.5, 0.6) is 11.5 Å². The van der Waals surface area contributed by atoms with Gasteiger partial charge in [0.15, 0.2) is 5.82 Å². The molecule has 20 heavy (non-hydrogen) atoms. The van der Waals surface area contributed by atoms with Gasteiger partial charge in [-0.05, 0) is 26.0 Å². The Labute approximate surface area is 118 Å². The van der Waals surface area contributed by atoms with Gasteiger partial charge in [-0.15, -0.1) is 10.2 Å². The van der Waals surface area contributed by atoms with E-state index in [9.17, 15) is 5.11 Å². The van der Waals surface area contributed by atoms with E-state index >= 15 is 0 Å². The molecule has 0 aliphatic carbocycles. The Morgan fingerprint density at radius 3 is 2.65 bits per heavy atom. The largest absolute Gasteiger partial charge is 0.497 e. The summed E-state index contributed by atoms with van der Waals surface area (Å²) in [5.41, 5.74) is 0.713. The molecule has 0 saturated heterocycles. The van der Waals surface area contributed by atoms with Crippen molar-refractivity contribution in [2.24, 2.45) is 7.05 Å². The van der Waals surface area contributed by atoms with Crippen molar-refractivity contribution in [1.29, 1.82) is 0 Å². The maximum absolute atomic E-state index is 9.77. The first-order chi connectivity index (χ1) is 9.52. The van der Waals surface area contributed by atoms with Crippen molar-refractivity contribution < 1.29 is 14.6 Å². The molecule has 6 nitrogen and oxygen atoms in total. The quantitative estimate of drug-likeness (QED) is 0.902. The molecule has 0 aliphatic heterocycles. The first-order valence-corrected chi connectivity index (χ1v) is 6.36. The maximum Gasteiger partial charge on any atom is 0.170 e. The van der Waals surface area contributed by atoms with E-state index in [0.717, 1.165) is 11.6 Å². The van der Waals surface area contributed by atoms with Crippen LogP contribution in [0.1, 0.15) is 30.2 Å². The molecule has 0 aliphatic rings. The fourth-order valence-corrected chi connectivity index (χ4v) is 1.83. The number of ether oxygens (including phenoxy) is 2. The molecule has 1 heterocycles. The SMILES string of the molecule is COc1ccc(C(C)O)c(OCc2nnc(C)n2C)c1. The topological polar surface area (TPSA) is 69.4 Å². The molecule has 108 valence electrons. The second-order valence-corrected chi connectivity index (χ2v) is 4.59. The van der Waals surface area contributed by atoms with Gasteiger partial charge in [0.1, 0.15) is 23.9 Å². The van der Waals surface area contributed by atoms with Gasteiger partial charge in [-0.3, -0.25) is 0 Å². The van der Waals surface area contributed by atoms with Crippen LogP contribution in [0.4, 0.5) is 0 Å². The standard InChI is InChI=1S/C14H19N3O3/c1-9(18)12-6-5-11(19-4)7-13(12)20-8-14-16-15-10(2)17(14)3/h5-7,9,18H,8H2,1-4H3. The van der Waals surface area contributed by atoms with Gasteiger partial charge in [0.05, 0.1) is 13.2 Å². The number of aliphatic hydroxyl groups excluding tert-OH is 1. The number of hydrogen-bond acceptors (Lipinski definition) is 5. The smallest absolute Gasteiger partial charge is 0.170 e. The predicted octanol–water partition coefficient (Wildman–Crippen LogP) is 1.76. The van der Waals surface area contributed by atoms with Crippen LogP contribution in [-0.4, -0.2) is 27.0 Å². The average Bonchev–Trinajstić information content (AvgIpc) is 2.76. The van der Waals surface area contributed by atoms with Crippen LogP contribution in [0.15, 0.2) is 18.2 Å². The highest BCUT2D eigenvalue weighted by Crippen LogP contribution is 2.30. The third-order valence-electron chi connectivity index (χ3n) is 3.21. The molecule has 1 aromatic heterocycles. The minimum Gasteiger partial charge on any atom is -0.497 e. The summed E-state index contributed by atoms with van der Waals surface area (Å²) in [4.78, 5) is 0. The number of aliphatic hydroxyl groups is 1. The van der Waals surface area contributed by atoms with Gasteiger partial charge in [-0.1, -0.05) is 0 Å². The van der Waals surface area contributed by atoms with E-state index < -0.39 is 6.10 Å². The lowest BCUT2D eigenvalue weighted by molar-refractivity contribution is 0.189. The number of aromatic nitrogens is 3. The van der Waals surface area contributed by atoms with E-state index in [1.54, 1.807) is 32.2 Å². The minimum atomic E-state index is -0.614.